The molecule has 4 fully saturated rings. The quantitative estimate of drug-likeness (QED) is 0.155. The summed E-state index contributed by atoms with van der Waals surface area (Å²) in [5, 5.41) is 2.28. The molecule has 0 saturated heterocycles. The summed E-state index contributed by atoms with van der Waals surface area (Å²) < 4.78 is 5.97. The predicted molar refractivity (Wildman–Crippen MR) is 169 cm³/mol. The average molecular weight is 543 g/mol. The highest BCUT2D eigenvalue weighted by Gasteiger charge is 2.52. The SMILES string of the molecule is CCCCCc1ccccc1C(=O)c1ccc2cc(-c3ccc(OC)c(C45CC6CC(CC(C6)C4)C5)c3)ccc2c1. The molecule has 0 spiro atoms. The second-order valence-corrected chi connectivity index (χ2v) is 13.3. The van der Waals surface area contributed by atoms with Gasteiger partial charge in [0.1, 0.15) is 5.75 Å². The zero-order chi connectivity index (χ0) is 28.0. The van der Waals surface area contributed by atoms with E-state index in [9.17, 15) is 4.79 Å². The smallest absolute Gasteiger partial charge is 0.193 e. The monoisotopic (exact) mass is 542 g/mol. The number of benzene rings is 4. The highest BCUT2D eigenvalue weighted by atomic mass is 16.5. The van der Waals surface area contributed by atoms with E-state index in [0.717, 1.165) is 58.4 Å². The molecule has 4 aliphatic rings. The van der Waals surface area contributed by atoms with Gasteiger partial charge in [0.25, 0.3) is 0 Å². The standard InChI is InChI=1S/C39H42O2/c1-3-4-5-8-29-9-6-7-10-35(29)38(40)34-14-13-30-20-31(11-12-32(30)21-34)33-15-16-37(41-2)36(22-33)39-23-26-17-27(24-39)19-28(18-26)25-39/h6-7,9-16,20-22,26-28H,3-5,8,17-19,23-25H2,1-2H3. The molecule has 0 aliphatic heterocycles. The average Bonchev–Trinajstić information content (AvgIpc) is 2.99. The Kier molecular flexibility index (Phi) is 6.97. The van der Waals surface area contributed by atoms with Crippen molar-refractivity contribution < 1.29 is 9.53 Å². The molecular weight excluding hydrogens is 500 g/mol. The molecule has 41 heavy (non-hydrogen) atoms. The van der Waals surface area contributed by atoms with E-state index in [0.29, 0.717) is 0 Å². The second kappa shape index (κ2) is 10.8. The van der Waals surface area contributed by atoms with Crippen LogP contribution in [-0.4, -0.2) is 12.9 Å². The van der Waals surface area contributed by atoms with Gasteiger partial charge in [-0.3, -0.25) is 4.79 Å². The fraction of sp³-hybridized carbons (Fsp3) is 0.410. The number of rotatable bonds is 9. The van der Waals surface area contributed by atoms with E-state index in [2.05, 4.69) is 61.5 Å². The summed E-state index contributed by atoms with van der Waals surface area (Å²) in [6.45, 7) is 2.22. The van der Waals surface area contributed by atoms with Crippen molar-refractivity contribution in [1.29, 1.82) is 0 Å². The van der Waals surface area contributed by atoms with Crippen molar-refractivity contribution in [3.63, 3.8) is 0 Å². The van der Waals surface area contributed by atoms with E-state index in [1.165, 1.54) is 73.4 Å². The molecule has 4 saturated carbocycles. The predicted octanol–water partition coefficient (Wildman–Crippen LogP) is 9.95. The number of ketones is 1. The van der Waals surface area contributed by atoms with Crippen molar-refractivity contribution >= 4 is 16.6 Å². The van der Waals surface area contributed by atoms with Crippen molar-refractivity contribution in [2.24, 2.45) is 17.8 Å². The van der Waals surface area contributed by atoms with Crippen molar-refractivity contribution in [3.05, 3.63) is 101 Å². The van der Waals surface area contributed by atoms with E-state index in [-0.39, 0.29) is 11.2 Å². The Balaban J connectivity index is 1.19. The molecule has 0 amide bonds. The van der Waals surface area contributed by atoms with Crippen LogP contribution in [0.3, 0.4) is 0 Å². The van der Waals surface area contributed by atoms with E-state index in [4.69, 9.17) is 4.74 Å². The highest BCUT2D eigenvalue weighted by Crippen LogP contribution is 2.62. The van der Waals surface area contributed by atoms with Crippen LogP contribution >= 0.6 is 0 Å². The number of carbonyl (C=O) groups excluding carboxylic acids is 1. The molecule has 0 unspecified atom stereocenters. The van der Waals surface area contributed by atoms with Gasteiger partial charge in [-0.05, 0) is 126 Å². The molecule has 4 aromatic rings. The summed E-state index contributed by atoms with van der Waals surface area (Å²) in [4.78, 5) is 13.6. The molecule has 2 nitrogen and oxygen atoms in total. The molecular formula is C39H42O2. The van der Waals surface area contributed by atoms with Crippen LogP contribution in [0.1, 0.15) is 91.8 Å². The third-order valence-corrected chi connectivity index (χ3v) is 10.6. The summed E-state index contributed by atoms with van der Waals surface area (Å²) in [6.07, 6.45) is 12.8. The Morgan fingerprint density at radius 2 is 1.44 bits per heavy atom. The Morgan fingerprint density at radius 3 is 2.17 bits per heavy atom. The third kappa shape index (κ3) is 4.90. The van der Waals surface area contributed by atoms with Crippen molar-refractivity contribution in [3.8, 4) is 16.9 Å². The first kappa shape index (κ1) is 26.5. The maximum Gasteiger partial charge on any atom is 0.193 e. The van der Waals surface area contributed by atoms with Crippen LogP contribution in [0, 0.1) is 17.8 Å². The number of aryl methyl sites for hydroxylation is 1. The summed E-state index contributed by atoms with van der Waals surface area (Å²) in [7, 11) is 1.83. The van der Waals surface area contributed by atoms with Crippen molar-refractivity contribution in [2.75, 3.05) is 7.11 Å². The zero-order valence-electron chi connectivity index (χ0n) is 24.6. The summed E-state index contributed by atoms with van der Waals surface area (Å²) in [6, 6.07) is 27.9. The molecule has 2 heteroatoms. The van der Waals surface area contributed by atoms with Gasteiger partial charge in [-0.2, -0.15) is 0 Å². The molecule has 4 bridgehead atoms. The zero-order valence-corrected chi connectivity index (χ0v) is 24.6. The molecule has 210 valence electrons. The fourth-order valence-corrected chi connectivity index (χ4v) is 8.99. The second-order valence-electron chi connectivity index (χ2n) is 13.3. The van der Waals surface area contributed by atoms with Crippen LogP contribution in [0.5, 0.6) is 5.75 Å². The normalized spacial score (nSPS) is 24.6. The number of unbranched alkanes of at least 4 members (excludes halogenated alkanes) is 2. The first-order valence-electron chi connectivity index (χ1n) is 15.9. The lowest BCUT2D eigenvalue weighted by Crippen LogP contribution is -2.48. The lowest BCUT2D eigenvalue weighted by atomic mass is 9.48. The van der Waals surface area contributed by atoms with Crippen LogP contribution < -0.4 is 4.74 Å². The van der Waals surface area contributed by atoms with Gasteiger partial charge in [0.2, 0.25) is 0 Å². The van der Waals surface area contributed by atoms with Gasteiger partial charge in [0, 0.05) is 16.7 Å². The third-order valence-electron chi connectivity index (χ3n) is 10.6. The molecule has 0 atom stereocenters. The number of fused-ring (bicyclic) bond motifs is 1. The van der Waals surface area contributed by atoms with Gasteiger partial charge in [0.15, 0.2) is 5.78 Å². The molecule has 4 aromatic carbocycles. The number of methoxy groups -OCH3 is 1. The Bertz CT molecular complexity index is 1560. The Labute approximate surface area is 245 Å². The minimum absolute atomic E-state index is 0.124. The Morgan fingerprint density at radius 1 is 0.780 bits per heavy atom. The first-order valence-corrected chi connectivity index (χ1v) is 15.9. The number of hydrogen-bond acceptors (Lipinski definition) is 2. The molecule has 0 N–H and O–H groups in total. The number of hydrogen-bond donors (Lipinski definition) is 0. The minimum Gasteiger partial charge on any atom is -0.496 e. The largest absolute Gasteiger partial charge is 0.496 e. The highest BCUT2D eigenvalue weighted by molar-refractivity contribution is 6.11. The van der Waals surface area contributed by atoms with Crippen LogP contribution in [0.2, 0.25) is 0 Å². The minimum atomic E-state index is 0.124. The molecule has 8 rings (SSSR count). The summed E-state index contributed by atoms with van der Waals surface area (Å²) >= 11 is 0. The fourth-order valence-electron chi connectivity index (χ4n) is 8.99. The van der Waals surface area contributed by atoms with Crippen molar-refractivity contribution in [2.45, 2.75) is 76.5 Å². The van der Waals surface area contributed by atoms with E-state index in [1.807, 2.05) is 31.4 Å². The molecule has 0 aromatic heterocycles. The lowest BCUT2D eigenvalue weighted by molar-refractivity contribution is -0.00613. The molecule has 4 aliphatic carbocycles. The summed E-state index contributed by atoms with van der Waals surface area (Å²) in [5.41, 5.74) is 6.99. The van der Waals surface area contributed by atoms with Gasteiger partial charge >= 0.3 is 0 Å². The van der Waals surface area contributed by atoms with E-state index >= 15 is 0 Å². The topological polar surface area (TPSA) is 26.3 Å². The van der Waals surface area contributed by atoms with Crippen LogP contribution in [0.15, 0.2) is 78.9 Å². The van der Waals surface area contributed by atoms with Gasteiger partial charge in [-0.1, -0.05) is 74.4 Å². The van der Waals surface area contributed by atoms with Gasteiger partial charge in [-0.15, -0.1) is 0 Å². The molecule has 0 heterocycles. The van der Waals surface area contributed by atoms with Crippen molar-refractivity contribution in [1.82, 2.24) is 0 Å². The maximum atomic E-state index is 13.6. The Hall–Kier alpha value is -3.39. The molecule has 0 radical (unpaired) electrons. The van der Waals surface area contributed by atoms with Crippen LogP contribution in [-0.2, 0) is 11.8 Å². The maximum absolute atomic E-state index is 13.6. The van der Waals surface area contributed by atoms with Gasteiger partial charge in [-0.25, -0.2) is 0 Å². The van der Waals surface area contributed by atoms with Crippen LogP contribution in [0.25, 0.3) is 21.9 Å². The lowest BCUT2D eigenvalue weighted by Gasteiger charge is -2.57. The van der Waals surface area contributed by atoms with Gasteiger partial charge < -0.3 is 4.74 Å². The van der Waals surface area contributed by atoms with E-state index in [1.54, 1.807) is 0 Å². The number of carbonyl (C=O) groups is 1. The van der Waals surface area contributed by atoms with E-state index < -0.39 is 0 Å². The van der Waals surface area contributed by atoms with Crippen LogP contribution in [0.4, 0.5) is 0 Å². The van der Waals surface area contributed by atoms with Gasteiger partial charge in [0.05, 0.1) is 7.11 Å². The number of ether oxygens (including phenoxy) is 1. The summed E-state index contributed by atoms with van der Waals surface area (Å²) in [5.74, 6) is 3.88. The first-order chi connectivity index (χ1) is 20.0.